The molecular weight excluding hydrogens is 216 g/mol. The molecule has 0 atom stereocenters. The minimum atomic E-state index is -0.900. The normalized spacial score (nSPS) is 31.4. The Balaban J connectivity index is 2.05. The molecule has 90 valence electrons. The fourth-order valence-corrected chi connectivity index (χ4v) is 3.51. The summed E-state index contributed by atoms with van der Waals surface area (Å²) in [5, 5.41) is 9.24. The van der Waals surface area contributed by atoms with Gasteiger partial charge in [-0.2, -0.15) is 0 Å². The highest BCUT2D eigenvalue weighted by molar-refractivity contribution is 5.88. The van der Waals surface area contributed by atoms with Crippen LogP contribution in [-0.2, 0) is 5.41 Å². The Kier molecular flexibility index (Phi) is 2.38. The Morgan fingerprint density at radius 3 is 2.53 bits per heavy atom. The second-order valence-corrected chi connectivity index (χ2v) is 5.35. The molecule has 1 heterocycles. The molecule has 0 amide bonds. The van der Waals surface area contributed by atoms with Gasteiger partial charge in [-0.15, -0.1) is 0 Å². The monoisotopic (exact) mass is 232 g/mol. The van der Waals surface area contributed by atoms with Gasteiger partial charge in [0, 0.05) is 11.6 Å². The van der Waals surface area contributed by atoms with Gasteiger partial charge in [-0.3, -0.25) is 0 Å². The molecule has 3 aliphatic rings. The fraction of sp³-hybridized carbons (Fsp3) is 0.615. The molecule has 0 aliphatic heterocycles. The van der Waals surface area contributed by atoms with Gasteiger partial charge < -0.3 is 5.11 Å². The molecule has 1 aromatic rings. The molecule has 3 fully saturated rings. The highest BCUT2D eigenvalue weighted by Crippen LogP contribution is 2.51. The van der Waals surface area contributed by atoms with Gasteiger partial charge in [0.1, 0.15) is 6.33 Å². The van der Waals surface area contributed by atoms with Crippen molar-refractivity contribution in [2.24, 2.45) is 5.92 Å². The zero-order valence-corrected chi connectivity index (χ0v) is 9.72. The number of hydrogen-bond donors (Lipinski definition) is 1. The van der Waals surface area contributed by atoms with Gasteiger partial charge in [0.2, 0.25) is 0 Å². The summed E-state index contributed by atoms with van der Waals surface area (Å²) in [6, 6.07) is 0. The first kappa shape index (κ1) is 10.7. The van der Waals surface area contributed by atoms with E-state index in [-0.39, 0.29) is 5.41 Å². The Hall–Kier alpha value is -1.45. The Bertz CT molecular complexity index is 437. The lowest BCUT2D eigenvalue weighted by atomic mass is 9.59. The molecule has 0 spiro atoms. The van der Waals surface area contributed by atoms with Crippen LogP contribution < -0.4 is 0 Å². The zero-order valence-electron chi connectivity index (χ0n) is 9.72. The highest BCUT2D eigenvalue weighted by Gasteiger charge is 2.44. The number of carboxylic acids is 1. The van der Waals surface area contributed by atoms with Crippen LogP contribution in [0.2, 0.25) is 0 Å². The molecular formula is C13H16N2O2. The highest BCUT2D eigenvalue weighted by atomic mass is 16.4. The van der Waals surface area contributed by atoms with Crippen molar-refractivity contribution in [3.05, 3.63) is 23.8 Å². The lowest BCUT2D eigenvalue weighted by Gasteiger charge is -2.46. The van der Waals surface area contributed by atoms with E-state index >= 15 is 0 Å². The van der Waals surface area contributed by atoms with E-state index in [0.29, 0.717) is 5.56 Å². The van der Waals surface area contributed by atoms with Crippen LogP contribution in [0, 0.1) is 5.92 Å². The van der Waals surface area contributed by atoms with E-state index in [4.69, 9.17) is 0 Å². The van der Waals surface area contributed by atoms with Crippen LogP contribution in [0.3, 0.4) is 0 Å². The molecule has 1 aromatic heterocycles. The Morgan fingerprint density at radius 1 is 1.29 bits per heavy atom. The number of carboxylic acid groups (broad SMARTS) is 1. The van der Waals surface area contributed by atoms with E-state index in [9.17, 15) is 9.90 Å². The van der Waals surface area contributed by atoms with Crippen molar-refractivity contribution in [1.29, 1.82) is 0 Å². The summed E-state index contributed by atoms with van der Waals surface area (Å²) in [7, 11) is 0. The first-order valence-electron chi connectivity index (χ1n) is 6.25. The Labute approximate surface area is 100 Å². The van der Waals surface area contributed by atoms with Gasteiger partial charge in [-0.25, -0.2) is 14.8 Å². The van der Waals surface area contributed by atoms with Gasteiger partial charge in [0.25, 0.3) is 0 Å². The van der Waals surface area contributed by atoms with E-state index in [0.717, 1.165) is 30.9 Å². The zero-order chi connectivity index (χ0) is 11.9. The predicted octanol–water partition coefficient (Wildman–Crippen LogP) is 2.40. The molecule has 3 aliphatic carbocycles. The largest absolute Gasteiger partial charge is 0.478 e. The van der Waals surface area contributed by atoms with E-state index < -0.39 is 5.97 Å². The van der Waals surface area contributed by atoms with Gasteiger partial charge >= 0.3 is 5.97 Å². The van der Waals surface area contributed by atoms with Crippen molar-refractivity contribution >= 4 is 5.97 Å². The average Bonchev–Trinajstić information content (AvgIpc) is 2.41. The number of aromatic carboxylic acids is 1. The van der Waals surface area contributed by atoms with Crippen molar-refractivity contribution in [1.82, 2.24) is 9.97 Å². The quantitative estimate of drug-likeness (QED) is 0.850. The molecule has 17 heavy (non-hydrogen) atoms. The third-order valence-corrected chi connectivity index (χ3v) is 4.54. The Morgan fingerprint density at radius 2 is 1.94 bits per heavy atom. The van der Waals surface area contributed by atoms with Crippen molar-refractivity contribution < 1.29 is 9.90 Å². The maximum atomic E-state index is 11.3. The summed E-state index contributed by atoms with van der Waals surface area (Å²) in [4.78, 5) is 19.4. The molecule has 0 radical (unpaired) electrons. The summed E-state index contributed by atoms with van der Waals surface area (Å²) < 4.78 is 0. The predicted molar refractivity (Wildman–Crippen MR) is 61.9 cm³/mol. The lowest BCUT2D eigenvalue weighted by Crippen LogP contribution is -2.39. The van der Waals surface area contributed by atoms with Crippen molar-refractivity contribution in [3.8, 4) is 0 Å². The molecule has 2 bridgehead atoms. The van der Waals surface area contributed by atoms with Crippen molar-refractivity contribution in [2.45, 2.75) is 43.9 Å². The van der Waals surface area contributed by atoms with Crippen LogP contribution in [-0.4, -0.2) is 21.0 Å². The summed E-state index contributed by atoms with van der Waals surface area (Å²) in [6.45, 7) is 0. The van der Waals surface area contributed by atoms with Crippen LogP contribution in [0.5, 0.6) is 0 Å². The standard InChI is InChI=1S/C13H16N2O2/c16-12(17)10-7-14-8-15-11(10)13-4-1-9(2-5-13)3-6-13/h7-9H,1-6H2,(H,16,17). The minimum absolute atomic E-state index is 0.0193. The molecule has 0 aromatic carbocycles. The van der Waals surface area contributed by atoms with E-state index in [1.165, 1.54) is 31.8 Å². The fourth-order valence-electron chi connectivity index (χ4n) is 3.51. The maximum Gasteiger partial charge on any atom is 0.339 e. The summed E-state index contributed by atoms with van der Waals surface area (Å²) >= 11 is 0. The van der Waals surface area contributed by atoms with E-state index in [2.05, 4.69) is 9.97 Å². The SMILES string of the molecule is O=C(O)c1cncnc1C12CCC(CC1)CC2. The first-order chi connectivity index (χ1) is 8.21. The van der Waals surface area contributed by atoms with Crippen LogP contribution >= 0.6 is 0 Å². The van der Waals surface area contributed by atoms with Crippen LogP contribution in [0.4, 0.5) is 0 Å². The number of hydrogen-bond acceptors (Lipinski definition) is 3. The number of aromatic nitrogens is 2. The van der Waals surface area contributed by atoms with E-state index in [1.54, 1.807) is 0 Å². The average molecular weight is 232 g/mol. The van der Waals surface area contributed by atoms with Crippen LogP contribution in [0.15, 0.2) is 12.5 Å². The minimum Gasteiger partial charge on any atom is -0.478 e. The van der Waals surface area contributed by atoms with E-state index in [1.807, 2.05) is 0 Å². The lowest BCUT2D eigenvalue weighted by molar-refractivity contribution is 0.0684. The van der Waals surface area contributed by atoms with Crippen LogP contribution in [0.1, 0.15) is 54.6 Å². The molecule has 4 heteroatoms. The van der Waals surface area contributed by atoms with Gasteiger partial charge in [0.05, 0.1) is 11.3 Å². The number of fused-ring (bicyclic) bond motifs is 3. The van der Waals surface area contributed by atoms with Gasteiger partial charge in [0.15, 0.2) is 0 Å². The molecule has 4 rings (SSSR count). The second kappa shape index (κ2) is 3.79. The topological polar surface area (TPSA) is 63.1 Å². The van der Waals surface area contributed by atoms with Crippen LogP contribution in [0.25, 0.3) is 0 Å². The third-order valence-electron chi connectivity index (χ3n) is 4.54. The third kappa shape index (κ3) is 1.63. The molecule has 3 saturated carbocycles. The number of rotatable bonds is 2. The number of carbonyl (C=O) groups is 1. The summed E-state index contributed by atoms with van der Waals surface area (Å²) in [5.74, 6) is -0.0327. The van der Waals surface area contributed by atoms with Gasteiger partial charge in [-0.1, -0.05) is 0 Å². The molecule has 0 saturated heterocycles. The smallest absolute Gasteiger partial charge is 0.339 e. The van der Waals surface area contributed by atoms with Gasteiger partial charge in [-0.05, 0) is 44.4 Å². The molecule has 4 nitrogen and oxygen atoms in total. The molecule has 0 unspecified atom stereocenters. The second-order valence-electron chi connectivity index (χ2n) is 5.35. The summed E-state index contributed by atoms with van der Waals surface area (Å²) in [6.07, 6.45) is 9.88. The summed E-state index contributed by atoms with van der Waals surface area (Å²) in [5.41, 5.74) is 1.09. The van der Waals surface area contributed by atoms with Crippen molar-refractivity contribution in [2.75, 3.05) is 0 Å². The first-order valence-corrected chi connectivity index (χ1v) is 6.25. The maximum absolute atomic E-state index is 11.3. The molecule has 1 N–H and O–H groups in total. The number of nitrogens with zero attached hydrogens (tertiary/aromatic N) is 2. The van der Waals surface area contributed by atoms with Crippen molar-refractivity contribution in [3.63, 3.8) is 0 Å².